The van der Waals surface area contributed by atoms with Crippen LogP contribution in [-0.4, -0.2) is 8.07 Å². The molecule has 0 unspecified atom stereocenters. The van der Waals surface area contributed by atoms with Gasteiger partial charge in [0.15, 0.2) is 8.07 Å². The van der Waals surface area contributed by atoms with Crippen LogP contribution in [0.4, 0.5) is 34.1 Å². The molecule has 1 aromatic heterocycles. The topological polar surface area (TPSA) is 36.7 Å². The average molecular weight is 633 g/mol. The van der Waals surface area contributed by atoms with E-state index < -0.39 is 8.07 Å². The Morgan fingerprint density at radius 2 is 0.833 bits per heavy atom. The van der Waals surface area contributed by atoms with Gasteiger partial charge in [-0.15, -0.1) is 0 Å². The van der Waals surface area contributed by atoms with Crippen LogP contribution in [0.5, 0.6) is 0 Å². The maximum atomic E-state index is 13.5. The van der Waals surface area contributed by atoms with Crippen molar-refractivity contribution in [2.45, 2.75) is 0 Å². The summed E-state index contributed by atoms with van der Waals surface area (Å²) in [6.45, 7) is 0. The lowest BCUT2D eigenvalue weighted by molar-refractivity contribution is 0.660. The van der Waals surface area contributed by atoms with E-state index in [9.17, 15) is 4.79 Å². The number of rotatable bonds is 2. The van der Waals surface area contributed by atoms with Gasteiger partial charge in [-0.2, -0.15) is 0 Å². The first-order valence-electron chi connectivity index (χ1n) is 16.2. The number of nitrogens with zero attached hydrogens (tertiary/aromatic N) is 2. The molecule has 226 valence electrons. The number of para-hydroxylation sites is 6. The first-order valence-corrected chi connectivity index (χ1v) is 18.2. The van der Waals surface area contributed by atoms with E-state index in [0.29, 0.717) is 21.9 Å². The van der Waals surface area contributed by atoms with E-state index in [2.05, 4.69) is 143 Å². The van der Waals surface area contributed by atoms with Gasteiger partial charge in [-0.3, -0.25) is 4.79 Å². The first-order chi connectivity index (χ1) is 23.7. The number of fused-ring (bicyclic) bond motifs is 10. The molecule has 0 saturated carbocycles. The van der Waals surface area contributed by atoms with Crippen LogP contribution in [0.2, 0.25) is 0 Å². The SMILES string of the molecule is O=c1c2ccccc2oc2cc(N3c4ccccc4[Si]4(c5ccccc5N(c5ccccc5)c5ccccc54)c4ccccc43)ccc12. The van der Waals surface area contributed by atoms with Gasteiger partial charge in [0, 0.05) is 40.2 Å². The lowest BCUT2D eigenvalue weighted by atomic mass is 10.1. The summed E-state index contributed by atoms with van der Waals surface area (Å²) in [4.78, 5) is 18.2. The predicted octanol–water partition coefficient (Wildman–Crippen LogP) is 7.89. The van der Waals surface area contributed by atoms with Crippen LogP contribution >= 0.6 is 0 Å². The minimum absolute atomic E-state index is 0.0115. The Morgan fingerprint density at radius 3 is 1.40 bits per heavy atom. The fourth-order valence-corrected chi connectivity index (χ4v) is 13.6. The Morgan fingerprint density at radius 1 is 0.396 bits per heavy atom. The third-order valence-electron chi connectivity index (χ3n) is 10.0. The summed E-state index contributed by atoms with van der Waals surface area (Å²) in [5.41, 5.74) is 7.97. The molecule has 0 fully saturated rings. The third kappa shape index (κ3) is 3.56. The maximum absolute atomic E-state index is 13.5. The molecule has 4 nitrogen and oxygen atoms in total. The molecule has 0 N–H and O–H groups in total. The monoisotopic (exact) mass is 632 g/mol. The van der Waals surface area contributed by atoms with E-state index in [1.54, 1.807) is 0 Å². The second kappa shape index (κ2) is 10.2. The number of hydrogen-bond donors (Lipinski definition) is 0. The van der Waals surface area contributed by atoms with Crippen molar-refractivity contribution in [2.75, 3.05) is 9.80 Å². The molecule has 0 radical (unpaired) electrons. The van der Waals surface area contributed by atoms with E-state index in [1.807, 2.05) is 36.4 Å². The molecule has 0 atom stereocenters. The molecule has 0 amide bonds. The molecule has 0 aliphatic carbocycles. The Hall–Kier alpha value is -6.17. The zero-order valence-corrected chi connectivity index (χ0v) is 26.9. The zero-order valence-electron chi connectivity index (χ0n) is 25.9. The smallest absolute Gasteiger partial charge is 0.200 e. The van der Waals surface area contributed by atoms with Gasteiger partial charge >= 0.3 is 0 Å². The number of anilines is 6. The highest BCUT2D eigenvalue weighted by Crippen LogP contribution is 2.44. The first kappa shape index (κ1) is 27.0. The van der Waals surface area contributed by atoms with Crippen molar-refractivity contribution in [3.8, 4) is 0 Å². The molecule has 2 aliphatic rings. The summed E-state index contributed by atoms with van der Waals surface area (Å²) in [5, 5.41) is 6.57. The van der Waals surface area contributed by atoms with Crippen molar-refractivity contribution in [1.29, 1.82) is 0 Å². The van der Waals surface area contributed by atoms with Crippen molar-refractivity contribution in [3.05, 3.63) is 180 Å². The average Bonchev–Trinajstić information content (AvgIpc) is 3.15. The summed E-state index contributed by atoms with van der Waals surface area (Å²) < 4.78 is 6.37. The standard InChI is InChI=1S/C43H28N2O2Si/c46-43-31-16-4-9-21-37(31)47-38-28-30(26-27-32(38)43)45-35-19-7-12-24-41(35)48(42-25-13-8-20-36(42)45)39-22-10-5-17-33(39)44(29-14-2-1-3-15-29)34-18-6-11-23-40(34)48/h1-28H. The lowest BCUT2D eigenvalue weighted by Gasteiger charge is -2.49. The molecule has 10 rings (SSSR count). The molecular weight excluding hydrogens is 605 g/mol. The van der Waals surface area contributed by atoms with Crippen LogP contribution < -0.4 is 36.0 Å². The Labute approximate surface area is 278 Å². The van der Waals surface area contributed by atoms with Gasteiger partial charge in [-0.1, -0.05) is 103 Å². The normalized spacial score (nSPS) is 14.0. The van der Waals surface area contributed by atoms with Gasteiger partial charge in [-0.25, -0.2) is 0 Å². The number of hydrogen-bond acceptors (Lipinski definition) is 4. The molecule has 5 heteroatoms. The molecule has 8 aromatic rings. The van der Waals surface area contributed by atoms with Gasteiger partial charge in [0.1, 0.15) is 11.2 Å². The van der Waals surface area contributed by atoms with Crippen molar-refractivity contribution in [1.82, 2.24) is 0 Å². The van der Waals surface area contributed by atoms with E-state index >= 15 is 0 Å². The predicted molar refractivity (Wildman–Crippen MR) is 200 cm³/mol. The second-order valence-corrected chi connectivity index (χ2v) is 16.1. The largest absolute Gasteiger partial charge is 0.456 e. The highest BCUT2D eigenvalue weighted by molar-refractivity contribution is 7.23. The van der Waals surface area contributed by atoms with E-state index in [4.69, 9.17) is 4.42 Å². The summed E-state index contributed by atoms with van der Waals surface area (Å²) in [7, 11) is -2.86. The fourth-order valence-electron chi connectivity index (χ4n) is 8.14. The molecule has 48 heavy (non-hydrogen) atoms. The van der Waals surface area contributed by atoms with Crippen molar-refractivity contribution < 1.29 is 4.42 Å². The Kier molecular flexibility index (Phi) is 5.71. The van der Waals surface area contributed by atoms with Crippen LogP contribution in [0.25, 0.3) is 21.9 Å². The summed E-state index contributed by atoms with van der Waals surface area (Å²) >= 11 is 0. The van der Waals surface area contributed by atoms with Crippen molar-refractivity contribution >= 4 is 84.9 Å². The van der Waals surface area contributed by atoms with Crippen molar-refractivity contribution in [3.63, 3.8) is 0 Å². The van der Waals surface area contributed by atoms with Gasteiger partial charge in [-0.05, 0) is 81.4 Å². The molecule has 7 aromatic carbocycles. The van der Waals surface area contributed by atoms with Gasteiger partial charge in [0.25, 0.3) is 0 Å². The lowest BCUT2D eigenvalue weighted by Crippen LogP contribution is -2.79. The second-order valence-electron chi connectivity index (χ2n) is 12.4. The zero-order chi connectivity index (χ0) is 31.8. The van der Waals surface area contributed by atoms with Crippen LogP contribution in [0, 0.1) is 0 Å². The molecule has 0 bridgehead atoms. The highest BCUT2D eigenvalue weighted by Gasteiger charge is 2.53. The van der Waals surface area contributed by atoms with Crippen LogP contribution in [-0.2, 0) is 0 Å². The van der Waals surface area contributed by atoms with Gasteiger partial charge < -0.3 is 14.2 Å². The molecule has 3 heterocycles. The fraction of sp³-hybridized carbons (Fsp3) is 0. The van der Waals surface area contributed by atoms with Gasteiger partial charge in [0.2, 0.25) is 5.43 Å². The Balaban J connectivity index is 1.28. The van der Waals surface area contributed by atoms with E-state index in [1.165, 1.54) is 32.1 Å². The molecule has 1 spiro atoms. The number of benzene rings is 7. The van der Waals surface area contributed by atoms with Crippen LogP contribution in [0.15, 0.2) is 179 Å². The molecule has 0 saturated heterocycles. The Bertz CT molecular complexity index is 2530. The third-order valence-corrected chi connectivity index (χ3v) is 15.0. The molecule has 2 aliphatic heterocycles. The summed E-state index contributed by atoms with van der Waals surface area (Å²) in [6.07, 6.45) is 0. The molecular formula is C43H28N2O2Si. The highest BCUT2D eigenvalue weighted by atomic mass is 28.3. The van der Waals surface area contributed by atoms with E-state index in [-0.39, 0.29) is 5.43 Å². The van der Waals surface area contributed by atoms with Crippen molar-refractivity contribution in [2.24, 2.45) is 0 Å². The minimum atomic E-state index is -2.86. The summed E-state index contributed by atoms with van der Waals surface area (Å²) in [5.74, 6) is 0. The van der Waals surface area contributed by atoms with Crippen LogP contribution in [0.1, 0.15) is 0 Å². The van der Waals surface area contributed by atoms with Gasteiger partial charge in [0.05, 0.1) is 10.8 Å². The quantitative estimate of drug-likeness (QED) is 0.144. The maximum Gasteiger partial charge on any atom is 0.200 e. The van der Waals surface area contributed by atoms with E-state index in [0.717, 1.165) is 22.7 Å². The van der Waals surface area contributed by atoms with Crippen LogP contribution in [0.3, 0.4) is 0 Å². The summed E-state index contributed by atoms with van der Waals surface area (Å²) in [6, 6.07) is 59.9. The minimum Gasteiger partial charge on any atom is -0.456 e.